The van der Waals surface area contributed by atoms with Crippen LogP contribution in [0.25, 0.3) is 11.1 Å². The number of likely N-dealkylation sites (tertiary alicyclic amines) is 1. The number of nitrogens with zero attached hydrogens (tertiary/aromatic N) is 4. The van der Waals surface area contributed by atoms with Crippen LogP contribution in [0.1, 0.15) is 36.0 Å². The first-order chi connectivity index (χ1) is 15.1. The van der Waals surface area contributed by atoms with E-state index in [1.807, 2.05) is 0 Å². The highest BCUT2D eigenvalue weighted by molar-refractivity contribution is 5.71. The summed E-state index contributed by atoms with van der Waals surface area (Å²) >= 11 is 0. The normalized spacial score (nSPS) is 19.8. The van der Waals surface area contributed by atoms with Crippen LogP contribution in [0.2, 0.25) is 0 Å². The molecule has 2 fully saturated rings. The zero-order valence-electron chi connectivity index (χ0n) is 18.6. The third-order valence-corrected chi connectivity index (χ3v) is 6.65. The molecule has 0 atom stereocenters. The summed E-state index contributed by atoms with van der Waals surface area (Å²) < 4.78 is 0. The molecule has 0 bridgehead atoms. The second kappa shape index (κ2) is 10.4. The van der Waals surface area contributed by atoms with Crippen LogP contribution in [0.5, 0.6) is 0 Å². The molecule has 2 aromatic rings. The van der Waals surface area contributed by atoms with Crippen LogP contribution in [0.3, 0.4) is 0 Å². The highest BCUT2D eigenvalue weighted by atomic mass is 16.3. The molecule has 2 aliphatic rings. The zero-order valence-corrected chi connectivity index (χ0v) is 18.6. The number of likely N-dealkylation sites (N-methyl/N-ethyl adjacent to an activating group) is 1. The molecule has 0 radical (unpaired) electrons. The Morgan fingerprint density at radius 2 is 1.55 bits per heavy atom. The molecule has 0 aliphatic carbocycles. The Balaban J connectivity index is 1.42. The van der Waals surface area contributed by atoms with Crippen LogP contribution in [-0.4, -0.2) is 72.2 Å². The second-order valence-corrected chi connectivity index (χ2v) is 9.13. The number of nitriles is 1. The lowest BCUT2D eigenvalue weighted by molar-refractivity contribution is 0.0792. The number of hydrogen-bond donors (Lipinski definition) is 1. The van der Waals surface area contributed by atoms with Crippen molar-refractivity contribution < 1.29 is 5.11 Å². The summed E-state index contributed by atoms with van der Waals surface area (Å²) in [5.74, 6) is 0. The molecule has 0 spiro atoms. The molecule has 2 heterocycles. The Hall–Kier alpha value is -2.23. The number of aliphatic hydroxyl groups is 1. The monoisotopic (exact) mass is 418 g/mol. The molecule has 164 valence electrons. The quantitative estimate of drug-likeness (QED) is 0.807. The van der Waals surface area contributed by atoms with Gasteiger partial charge in [0.15, 0.2) is 0 Å². The fraction of sp³-hybridized carbons (Fsp3) is 0.500. The van der Waals surface area contributed by atoms with E-state index in [-0.39, 0.29) is 6.10 Å². The number of hydrogen-bond acceptors (Lipinski definition) is 5. The van der Waals surface area contributed by atoms with Gasteiger partial charge in [-0.25, -0.2) is 0 Å². The minimum absolute atomic E-state index is 0.133. The van der Waals surface area contributed by atoms with Gasteiger partial charge in [0.05, 0.1) is 17.7 Å². The summed E-state index contributed by atoms with van der Waals surface area (Å²) in [5.41, 5.74) is 5.35. The lowest BCUT2D eigenvalue weighted by atomic mass is 9.97. The van der Waals surface area contributed by atoms with Gasteiger partial charge in [-0.1, -0.05) is 36.4 Å². The van der Waals surface area contributed by atoms with Gasteiger partial charge < -0.3 is 10.0 Å². The van der Waals surface area contributed by atoms with Gasteiger partial charge in [0, 0.05) is 39.3 Å². The predicted molar refractivity (Wildman–Crippen MR) is 125 cm³/mol. The smallest absolute Gasteiger partial charge is 0.0998 e. The maximum absolute atomic E-state index is 9.78. The Kier molecular flexibility index (Phi) is 7.37. The minimum Gasteiger partial charge on any atom is -0.393 e. The van der Waals surface area contributed by atoms with Crippen molar-refractivity contribution in [3.8, 4) is 17.2 Å². The van der Waals surface area contributed by atoms with Gasteiger partial charge in [0.2, 0.25) is 0 Å². The van der Waals surface area contributed by atoms with Crippen molar-refractivity contribution in [1.82, 2.24) is 14.7 Å². The summed E-state index contributed by atoms with van der Waals surface area (Å²) in [4.78, 5) is 7.29. The van der Waals surface area contributed by atoms with Crippen LogP contribution in [0.4, 0.5) is 0 Å². The van der Waals surface area contributed by atoms with E-state index in [1.54, 1.807) is 0 Å². The SMILES string of the molecule is CN1CCCN(Cc2ccc(-c3ccc(CN4CCC(O)CC4)cc3)c(C#N)c2)CC1. The predicted octanol–water partition coefficient (Wildman–Crippen LogP) is 3.32. The summed E-state index contributed by atoms with van der Waals surface area (Å²) in [6.45, 7) is 8.20. The van der Waals surface area contributed by atoms with Crippen LogP contribution in [0.15, 0.2) is 42.5 Å². The van der Waals surface area contributed by atoms with Crippen molar-refractivity contribution in [3.63, 3.8) is 0 Å². The molecule has 5 heteroatoms. The third-order valence-electron chi connectivity index (χ3n) is 6.65. The van der Waals surface area contributed by atoms with E-state index in [9.17, 15) is 10.4 Å². The van der Waals surface area contributed by atoms with E-state index >= 15 is 0 Å². The van der Waals surface area contributed by atoms with E-state index in [1.165, 1.54) is 17.5 Å². The molecule has 5 nitrogen and oxygen atoms in total. The molecule has 2 aromatic carbocycles. The van der Waals surface area contributed by atoms with Gasteiger partial charge in [-0.3, -0.25) is 9.80 Å². The number of piperidine rings is 1. The second-order valence-electron chi connectivity index (χ2n) is 9.13. The van der Waals surface area contributed by atoms with Gasteiger partial charge in [0.25, 0.3) is 0 Å². The van der Waals surface area contributed by atoms with E-state index in [4.69, 9.17) is 0 Å². The van der Waals surface area contributed by atoms with Crippen molar-refractivity contribution in [2.75, 3.05) is 46.3 Å². The lowest BCUT2D eigenvalue weighted by Crippen LogP contribution is -2.35. The summed E-state index contributed by atoms with van der Waals surface area (Å²) in [6.07, 6.45) is 2.80. The van der Waals surface area contributed by atoms with Gasteiger partial charge in [-0.15, -0.1) is 0 Å². The largest absolute Gasteiger partial charge is 0.393 e. The standard InChI is InChI=1S/C26H34N4O/c1-28-11-2-12-29(16-15-28)20-22-5-8-26(24(17-22)18-27)23-6-3-21(4-7-23)19-30-13-9-25(31)10-14-30/h3-8,17,25,31H,2,9-16,19-20H2,1H3. The number of benzene rings is 2. The number of aliphatic hydroxyl groups excluding tert-OH is 1. The lowest BCUT2D eigenvalue weighted by Gasteiger charge is -2.29. The maximum atomic E-state index is 9.78. The van der Waals surface area contributed by atoms with Crippen LogP contribution in [0, 0.1) is 11.3 Å². The first-order valence-corrected chi connectivity index (χ1v) is 11.5. The molecule has 2 saturated heterocycles. The van der Waals surface area contributed by atoms with Crippen molar-refractivity contribution in [1.29, 1.82) is 5.26 Å². The van der Waals surface area contributed by atoms with E-state index in [2.05, 4.69) is 70.3 Å². The first kappa shape index (κ1) is 22.0. The van der Waals surface area contributed by atoms with Crippen LogP contribution >= 0.6 is 0 Å². The Bertz CT molecular complexity index is 897. The average Bonchev–Trinajstić information content (AvgIpc) is 3.00. The zero-order chi connectivity index (χ0) is 21.6. The molecular formula is C26H34N4O. The minimum atomic E-state index is -0.133. The Labute approximate surface area is 186 Å². The van der Waals surface area contributed by atoms with Crippen molar-refractivity contribution in [2.45, 2.75) is 38.5 Å². The topological polar surface area (TPSA) is 53.7 Å². The highest BCUT2D eigenvalue weighted by Gasteiger charge is 2.17. The van der Waals surface area contributed by atoms with Gasteiger partial charge in [-0.2, -0.15) is 5.26 Å². The Morgan fingerprint density at radius 3 is 2.29 bits per heavy atom. The molecule has 31 heavy (non-hydrogen) atoms. The summed E-state index contributed by atoms with van der Waals surface area (Å²) in [7, 11) is 2.19. The molecular weight excluding hydrogens is 384 g/mol. The molecule has 1 N–H and O–H groups in total. The molecule has 0 saturated carbocycles. The first-order valence-electron chi connectivity index (χ1n) is 11.5. The molecule has 0 unspecified atom stereocenters. The molecule has 2 aliphatic heterocycles. The highest BCUT2D eigenvalue weighted by Crippen LogP contribution is 2.26. The van der Waals surface area contributed by atoms with Gasteiger partial charge in [-0.05, 0) is 67.7 Å². The maximum Gasteiger partial charge on any atom is 0.0998 e. The van der Waals surface area contributed by atoms with Crippen molar-refractivity contribution in [2.24, 2.45) is 0 Å². The summed E-state index contributed by atoms with van der Waals surface area (Å²) in [6, 6.07) is 17.4. The van der Waals surface area contributed by atoms with Gasteiger partial charge >= 0.3 is 0 Å². The van der Waals surface area contributed by atoms with Crippen molar-refractivity contribution in [3.05, 3.63) is 59.2 Å². The van der Waals surface area contributed by atoms with Crippen molar-refractivity contribution >= 4 is 0 Å². The van der Waals surface area contributed by atoms with E-state index in [0.29, 0.717) is 0 Å². The van der Waals surface area contributed by atoms with Gasteiger partial charge in [0.1, 0.15) is 0 Å². The average molecular weight is 419 g/mol. The molecule has 4 rings (SSSR count). The van der Waals surface area contributed by atoms with Crippen LogP contribution < -0.4 is 0 Å². The van der Waals surface area contributed by atoms with E-state index < -0.39 is 0 Å². The fourth-order valence-electron chi connectivity index (χ4n) is 4.68. The fourth-order valence-corrected chi connectivity index (χ4v) is 4.68. The molecule has 0 amide bonds. The third kappa shape index (κ3) is 5.93. The van der Waals surface area contributed by atoms with Crippen LogP contribution in [-0.2, 0) is 13.1 Å². The Morgan fingerprint density at radius 1 is 0.871 bits per heavy atom. The summed E-state index contributed by atoms with van der Waals surface area (Å²) in [5, 5.41) is 19.5. The van der Waals surface area contributed by atoms with E-state index in [0.717, 1.165) is 81.9 Å². The molecule has 0 aromatic heterocycles. The number of rotatable bonds is 5.